The van der Waals surface area contributed by atoms with Gasteiger partial charge in [-0.3, -0.25) is 14.5 Å². The van der Waals surface area contributed by atoms with Gasteiger partial charge < -0.3 is 31.7 Å². The lowest BCUT2D eigenvalue weighted by Gasteiger charge is -2.46. The van der Waals surface area contributed by atoms with Crippen molar-refractivity contribution >= 4 is 18.0 Å². The molecule has 5 atom stereocenters. The highest BCUT2D eigenvalue weighted by Crippen LogP contribution is 2.29. The van der Waals surface area contributed by atoms with Gasteiger partial charge in [0, 0.05) is 13.5 Å². The number of nitrogens with one attached hydrogen (secondary N) is 1. The van der Waals surface area contributed by atoms with E-state index >= 15 is 0 Å². The Bertz CT molecular complexity index is 1090. The lowest BCUT2D eigenvalue weighted by Crippen LogP contribution is -2.72. The highest BCUT2D eigenvalue weighted by Gasteiger charge is 2.48. The highest BCUT2D eigenvalue weighted by molar-refractivity contribution is 6.01. The van der Waals surface area contributed by atoms with Crippen LogP contribution in [-0.4, -0.2) is 64.2 Å². The maximum absolute atomic E-state index is 13.6. The zero-order chi connectivity index (χ0) is 29.4. The molecule has 2 amide bonds. The summed E-state index contributed by atoms with van der Waals surface area (Å²) >= 11 is 0. The van der Waals surface area contributed by atoms with Crippen LogP contribution in [0.25, 0.3) is 0 Å². The van der Waals surface area contributed by atoms with Crippen molar-refractivity contribution in [3.63, 3.8) is 0 Å². The molecular formula is C29H42N4O6. The van der Waals surface area contributed by atoms with E-state index < -0.39 is 53.3 Å². The van der Waals surface area contributed by atoms with Crippen molar-refractivity contribution in [1.29, 1.82) is 0 Å². The molecular weight excluding hydrogens is 500 g/mol. The summed E-state index contributed by atoms with van der Waals surface area (Å²) in [5.41, 5.74) is 12.0. The highest BCUT2D eigenvalue weighted by atomic mass is 16.6. The van der Waals surface area contributed by atoms with Gasteiger partial charge in [0.15, 0.2) is 0 Å². The minimum atomic E-state index is -1.88. The molecule has 39 heavy (non-hydrogen) atoms. The number of hydrogen-bond donors (Lipinski definition) is 5. The number of aliphatic hydroxyl groups excluding tert-OH is 2. The standard InChI is InChI=1S/C29H42N4O6/c1-19(34)29(31,18-21-14-10-7-11-15-21)33(24(30)22(35)17-16-20-12-8-6-9-13-20)27(38)39-26(37)23(25(36)32-5)28(2,3)4/h6-15,19,22-24,34-35H,16-18,30-31H2,1-5H3,(H,32,36). The maximum atomic E-state index is 13.6. The van der Waals surface area contributed by atoms with Gasteiger partial charge in [-0.05, 0) is 36.3 Å². The smallest absolute Gasteiger partial charge is 0.390 e. The fourth-order valence-corrected chi connectivity index (χ4v) is 4.42. The van der Waals surface area contributed by atoms with Crippen LogP contribution < -0.4 is 16.8 Å². The first-order valence-electron chi connectivity index (χ1n) is 13.0. The molecule has 5 unspecified atom stereocenters. The molecule has 0 aliphatic carbocycles. The Morgan fingerprint density at radius 2 is 1.49 bits per heavy atom. The zero-order valence-corrected chi connectivity index (χ0v) is 23.3. The van der Waals surface area contributed by atoms with E-state index in [-0.39, 0.29) is 12.8 Å². The molecule has 0 fully saturated rings. The van der Waals surface area contributed by atoms with Gasteiger partial charge in [0.25, 0.3) is 0 Å². The topological polar surface area (TPSA) is 168 Å². The van der Waals surface area contributed by atoms with E-state index in [2.05, 4.69) is 5.32 Å². The summed E-state index contributed by atoms with van der Waals surface area (Å²) in [5.74, 6) is -3.05. The van der Waals surface area contributed by atoms with Crippen LogP contribution in [0.15, 0.2) is 60.7 Å². The molecule has 2 aromatic rings. The van der Waals surface area contributed by atoms with Gasteiger partial charge in [0.2, 0.25) is 5.91 Å². The Morgan fingerprint density at radius 1 is 0.974 bits per heavy atom. The first-order chi connectivity index (χ1) is 18.2. The minimum Gasteiger partial charge on any atom is -0.390 e. The molecule has 0 saturated carbocycles. The maximum Gasteiger partial charge on any atom is 0.420 e. The van der Waals surface area contributed by atoms with Crippen molar-refractivity contribution in [2.24, 2.45) is 22.8 Å². The summed E-state index contributed by atoms with van der Waals surface area (Å²) in [5, 5.41) is 24.3. The first-order valence-corrected chi connectivity index (χ1v) is 13.0. The number of amides is 2. The summed E-state index contributed by atoms with van der Waals surface area (Å²) in [6, 6.07) is 18.3. The molecule has 0 aliphatic heterocycles. The molecule has 0 radical (unpaired) electrons. The number of esters is 1. The molecule has 0 saturated heterocycles. The molecule has 10 heteroatoms. The van der Waals surface area contributed by atoms with Crippen molar-refractivity contribution in [3.05, 3.63) is 71.8 Å². The van der Waals surface area contributed by atoms with Crippen molar-refractivity contribution in [2.75, 3.05) is 7.05 Å². The summed E-state index contributed by atoms with van der Waals surface area (Å²) in [6.07, 6.45) is -4.83. The van der Waals surface area contributed by atoms with Crippen LogP contribution in [0, 0.1) is 11.3 Å². The van der Waals surface area contributed by atoms with Crippen LogP contribution in [0.5, 0.6) is 0 Å². The van der Waals surface area contributed by atoms with Crippen molar-refractivity contribution in [3.8, 4) is 0 Å². The molecule has 0 spiro atoms. The predicted octanol–water partition coefficient (Wildman–Crippen LogP) is 1.92. The largest absolute Gasteiger partial charge is 0.420 e. The summed E-state index contributed by atoms with van der Waals surface area (Å²) < 4.78 is 5.20. The van der Waals surface area contributed by atoms with Crippen LogP contribution >= 0.6 is 0 Å². The van der Waals surface area contributed by atoms with Crippen LogP contribution in [0.4, 0.5) is 4.79 Å². The van der Waals surface area contributed by atoms with E-state index in [1.54, 1.807) is 51.1 Å². The van der Waals surface area contributed by atoms with E-state index in [9.17, 15) is 24.6 Å². The van der Waals surface area contributed by atoms with Gasteiger partial charge in [0.05, 0.1) is 12.2 Å². The fraction of sp³-hybridized carbons (Fsp3) is 0.483. The quantitative estimate of drug-likeness (QED) is 0.163. The number of nitrogens with zero attached hydrogens (tertiary/aromatic N) is 1. The number of carbonyl (C=O) groups excluding carboxylic acids is 3. The van der Waals surface area contributed by atoms with Crippen LogP contribution in [-0.2, 0) is 27.2 Å². The van der Waals surface area contributed by atoms with E-state index in [0.29, 0.717) is 12.0 Å². The lowest BCUT2D eigenvalue weighted by atomic mass is 9.80. The molecule has 0 bridgehead atoms. The molecule has 214 valence electrons. The second-order valence-corrected chi connectivity index (χ2v) is 10.9. The predicted molar refractivity (Wildman–Crippen MR) is 148 cm³/mol. The van der Waals surface area contributed by atoms with Crippen LogP contribution in [0.2, 0.25) is 0 Å². The second-order valence-electron chi connectivity index (χ2n) is 10.9. The van der Waals surface area contributed by atoms with Gasteiger partial charge >= 0.3 is 12.1 Å². The number of rotatable bonds is 11. The van der Waals surface area contributed by atoms with E-state index in [1.165, 1.54) is 14.0 Å². The third-order valence-corrected chi connectivity index (χ3v) is 6.76. The third kappa shape index (κ3) is 8.34. The molecule has 7 N–H and O–H groups in total. The average molecular weight is 543 g/mol. The summed E-state index contributed by atoms with van der Waals surface area (Å²) in [7, 11) is 1.37. The van der Waals surface area contributed by atoms with E-state index in [1.807, 2.05) is 30.3 Å². The van der Waals surface area contributed by atoms with Crippen molar-refractivity contribution < 1.29 is 29.3 Å². The molecule has 0 heterocycles. The molecule has 0 aromatic heterocycles. The van der Waals surface area contributed by atoms with Gasteiger partial charge in [-0.1, -0.05) is 81.4 Å². The first kappa shape index (κ1) is 31.9. The molecule has 10 nitrogen and oxygen atoms in total. The number of aliphatic hydroxyl groups is 2. The van der Waals surface area contributed by atoms with Gasteiger partial charge in [-0.15, -0.1) is 0 Å². The number of hydrogen-bond acceptors (Lipinski definition) is 8. The number of aryl methyl sites for hydroxylation is 1. The summed E-state index contributed by atoms with van der Waals surface area (Å²) in [4.78, 5) is 40.1. The number of nitrogens with two attached hydrogens (primary N) is 2. The number of ether oxygens (including phenoxy) is 1. The van der Waals surface area contributed by atoms with Crippen LogP contribution in [0.1, 0.15) is 45.2 Å². The number of carbonyl (C=O) groups is 3. The Hall–Kier alpha value is -3.31. The van der Waals surface area contributed by atoms with Crippen molar-refractivity contribution in [2.45, 2.75) is 71.0 Å². The Balaban J connectivity index is 2.45. The van der Waals surface area contributed by atoms with E-state index in [0.717, 1.165) is 10.5 Å². The monoisotopic (exact) mass is 542 g/mol. The SMILES string of the molecule is CNC(=O)C(C(=O)OC(=O)N(C(N)C(O)CCc1ccccc1)C(N)(Cc1ccccc1)C(C)O)C(C)(C)C. The van der Waals surface area contributed by atoms with Crippen LogP contribution in [0.3, 0.4) is 0 Å². The lowest BCUT2D eigenvalue weighted by molar-refractivity contribution is -0.154. The minimum absolute atomic E-state index is 0.0634. The van der Waals surface area contributed by atoms with Gasteiger partial charge in [0.1, 0.15) is 17.7 Å². The van der Waals surface area contributed by atoms with E-state index in [4.69, 9.17) is 16.2 Å². The molecule has 2 aromatic carbocycles. The Labute approximate surface area is 230 Å². The second kappa shape index (κ2) is 13.7. The Kier molecular flexibility index (Phi) is 11.2. The summed E-state index contributed by atoms with van der Waals surface area (Å²) in [6.45, 7) is 6.37. The molecule has 0 aliphatic rings. The Morgan fingerprint density at radius 3 is 1.95 bits per heavy atom. The molecule has 2 rings (SSSR count). The van der Waals surface area contributed by atoms with Crippen molar-refractivity contribution in [1.82, 2.24) is 10.2 Å². The number of benzene rings is 2. The average Bonchev–Trinajstić information content (AvgIpc) is 2.87. The third-order valence-electron chi connectivity index (χ3n) is 6.76. The normalized spacial score (nSPS) is 16.2. The van der Waals surface area contributed by atoms with Gasteiger partial charge in [-0.25, -0.2) is 4.79 Å². The zero-order valence-electron chi connectivity index (χ0n) is 23.3. The van der Waals surface area contributed by atoms with Gasteiger partial charge in [-0.2, -0.15) is 0 Å². The fourth-order valence-electron chi connectivity index (χ4n) is 4.42.